The molecule has 1 fully saturated rings. The number of rotatable bonds is 3. The van der Waals surface area contributed by atoms with E-state index in [4.69, 9.17) is 11.6 Å². The molecule has 0 spiro atoms. The average molecular weight is 286 g/mol. The second-order valence-electron chi connectivity index (χ2n) is 5.22. The monoisotopic (exact) mass is 285 g/mol. The number of carbonyl (C=O) groups is 1. The fourth-order valence-electron chi connectivity index (χ4n) is 2.55. The molecule has 2 rings (SSSR count). The van der Waals surface area contributed by atoms with Gasteiger partial charge in [0.15, 0.2) is 0 Å². The molecule has 1 amide bonds. The van der Waals surface area contributed by atoms with Crippen molar-refractivity contribution in [3.05, 3.63) is 34.6 Å². The Bertz CT molecular complexity index is 486. The minimum atomic E-state index is -0.796. The Morgan fingerprint density at radius 3 is 2.68 bits per heavy atom. The van der Waals surface area contributed by atoms with Crippen LogP contribution in [0.5, 0.6) is 0 Å². The highest BCUT2D eigenvalue weighted by atomic mass is 35.5. The van der Waals surface area contributed by atoms with Gasteiger partial charge in [0.25, 0.3) is 5.91 Å². The highest BCUT2D eigenvalue weighted by Crippen LogP contribution is 2.30. The molecule has 1 N–H and O–H groups in total. The molecular formula is C14H17ClFNO2. The summed E-state index contributed by atoms with van der Waals surface area (Å²) >= 11 is 5.58. The van der Waals surface area contributed by atoms with Crippen molar-refractivity contribution in [1.82, 2.24) is 4.90 Å². The SMILES string of the molecule is CN(CC1(O)CCCC1)C(=O)c1ccc(Cl)c(F)c1. The van der Waals surface area contributed by atoms with Crippen LogP contribution in [0, 0.1) is 5.82 Å². The molecular weight excluding hydrogens is 269 g/mol. The number of amides is 1. The Morgan fingerprint density at radius 2 is 2.11 bits per heavy atom. The van der Waals surface area contributed by atoms with Crippen LogP contribution in [0.3, 0.4) is 0 Å². The maximum atomic E-state index is 13.3. The van der Waals surface area contributed by atoms with Crippen LogP contribution in [-0.4, -0.2) is 35.1 Å². The van der Waals surface area contributed by atoms with Crippen LogP contribution >= 0.6 is 11.6 Å². The molecule has 0 aromatic heterocycles. The molecule has 0 unspecified atom stereocenters. The first kappa shape index (κ1) is 14.3. The summed E-state index contributed by atoms with van der Waals surface area (Å²) in [6, 6.07) is 3.98. The number of aliphatic hydroxyl groups is 1. The summed E-state index contributed by atoms with van der Waals surface area (Å²) in [6.45, 7) is 0.274. The molecule has 1 aromatic rings. The molecule has 104 valence electrons. The first-order valence-corrected chi connectivity index (χ1v) is 6.72. The third-order valence-electron chi connectivity index (χ3n) is 3.58. The summed E-state index contributed by atoms with van der Waals surface area (Å²) in [4.78, 5) is 13.6. The van der Waals surface area contributed by atoms with E-state index in [1.54, 1.807) is 7.05 Å². The Labute approximate surface area is 117 Å². The fraction of sp³-hybridized carbons (Fsp3) is 0.500. The minimum absolute atomic E-state index is 0.00590. The number of carbonyl (C=O) groups excluding carboxylic acids is 1. The van der Waals surface area contributed by atoms with Gasteiger partial charge in [-0.05, 0) is 31.0 Å². The average Bonchev–Trinajstić information content (AvgIpc) is 2.78. The van der Waals surface area contributed by atoms with Crippen molar-refractivity contribution in [3.8, 4) is 0 Å². The molecule has 1 aliphatic carbocycles. The van der Waals surface area contributed by atoms with Gasteiger partial charge in [-0.2, -0.15) is 0 Å². The smallest absolute Gasteiger partial charge is 0.253 e. The maximum absolute atomic E-state index is 13.3. The van der Waals surface area contributed by atoms with E-state index in [2.05, 4.69) is 0 Å². The van der Waals surface area contributed by atoms with Crippen molar-refractivity contribution in [3.63, 3.8) is 0 Å². The third kappa shape index (κ3) is 3.25. The lowest BCUT2D eigenvalue weighted by Gasteiger charge is -2.28. The van der Waals surface area contributed by atoms with E-state index in [-0.39, 0.29) is 23.0 Å². The Balaban J connectivity index is 2.08. The van der Waals surface area contributed by atoms with E-state index in [1.807, 2.05) is 0 Å². The van der Waals surface area contributed by atoms with E-state index in [0.717, 1.165) is 18.9 Å². The van der Waals surface area contributed by atoms with Gasteiger partial charge in [-0.1, -0.05) is 24.4 Å². The lowest BCUT2D eigenvalue weighted by atomic mass is 10.0. The molecule has 0 saturated heterocycles. The predicted octanol–water partition coefficient (Wildman–Crippen LogP) is 2.86. The zero-order chi connectivity index (χ0) is 14.0. The van der Waals surface area contributed by atoms with E-state index in [1.165, 1.54) is 17.0 Å². The number of likely N-dealkylation sites (N-methyl/N-ethyl adjacent to an activating group) is 1. The van der Waals surface area contributed by atoms with E-state index in [9.17, 15) is 14.3 Å². The summed E-state index contributed by atoms with van der Waals surface area (Å²) in [6.07, 6.45) is 3.38. The second-order valence-corrected chi connectivity index (χ2v) is 5.63. The van der Waals surface area contributed by atoms with E-state index >= 15 is 0 Å². The number of nitrogens with zero attached hydrogens (tertiary/aromatic N) is 1. The van der Waals surface area contributed by atoms with Gasteiger partial charge in [0.2, 0.25) is 0 Å². The summed E-state index contributed by atoms with van der Waals surface area (Å²) in [5.41, 5.74) is -0.555. The largest absolute Gasteiger partial charge is 0.388 e. The number of benzene rings is 1. The van der Waals surface area contributed by atoms with Crippen LogP contribution in [0.25, 0.3) is 0 Å². The zero-order valence-electron chi connectivity index (χ0n) is 10.8. The van der Waals surface area contributed by atoms with Crippen LogP contribution in [0.1, 0.15) is 36.0 Å². The van der Waals surface area contributed by atoms with Crippen LogP contribution in [0.2, 0.25) is 5.02 Å². The Kier molecular flexibility index (Phi) is 4.11. The summed E-state index contributed by atoms with van der Waals surface area (Å²) in [5, 5.41) is 10.3. The molecule has 0 atom stereocenters. The first-order chi connectivity index (χ1) is 8.91. The molecule has 0 radical (unpaired) electrons. The summed E-state index contributed by atoms with van der Waals surface area (Å²) in [7, 11) is 1.62. The maximum Gasteiger partial charge on any atom is 0.253 e. The second kappa shape index (κ2) is 5.47. The van der Waals surface area contributed by atoms with Crippen molar-refractivity contribution in [2.75, 3.05) is 13.6 Å². The van der Waals surface area contributed by atoms with Gasteiger partial charge in [-0.15, -0.1) is 0 Å². The molecule has 1 aliphatic rings. The quantitative estimate of drug-likeness (QED) is 0.928. The van der Waals surface area contributed by atoms with Gasteiger partial charge < -0.3 is 10.0 Å². The number of hydrogen-bond acceptors (Lipinski definition) is 2. The number of hydrogen-bond donors (Lipinski definition) is 1. The van der Waals surface area contributed by atoms with Crippen LogP contribution < -0.4 is 0 Å². The van der Waals surface area contributed by atoms with Gasteiger partial charge in [0.05, 0.1) is 10.6 Å². The topological polar surface area (TPSA) is 40.5 Å². The van der Waals surface area contributed by atoms with Crippen LogP contribution in [-0.2, 0) is 0 Å². The highest BCUT2D eigenvalue weighted by Gasteiger charge is 2.33. The first-order valence-electron chi connectivity index (χ1n) is 6.34. The van der Waals surface area contributed by atoms with Crippen LogP contribution in [0.4, 0.5) is 4.39 Å². The highest BCUT2D eigenvalue weighted by molar-refractivity contribution is 6.30. The lowest BCUT2D eigenvalue weighted by Crippen LogP contribution is -2.42. The van der Waals surface area contributed by atoms with Crippen molar-refractivity contribution < 1.29 is 14.3 Å². The van der Waals surface area contributed by atoms with E-state index in [0.29, 0.717) is 12.8 Å². The lowest BCUT2D eigenvalue weighted by molar-refractivity contribution is 0.0156. The molecule has 1 saturated carbocycles. The van der Waals surface area contributed by atoms with Gasteiger partial charge in [0.1, 0.15) is 5.82 Å². The van der Waals surface area contributed by atoms with Crippen molar-refractivity contribution >= 4 is 17.5 Å². The Morgan fingerprint density at radius 1 is 1.47 bits per heavy atom. The normalized spacial score (nSPS) is 17.5. The summed E-state index contributed by atoms with van der Waals surface area (Å²) < 4.78 is 13.3. The Hall–Kier alpha value is -1.13. The minimum Gasteiger partial charge on any atom is -0.388 e. The summed E-state index contributed by atoms with van der Waals surface area (Å²) in [5.74, 6) is -0.920. The van der Waals surface area contributed by atoms with Crippen LogP contribution in [0.15, 0.2) is 18.2 Å². The molecule has 19 heavy (non-hydrogen) atoms. The molecule has 0 heterocycles. The van der Waals surface area contributed by atoms with Gasteiger partial charge >= 0.3 is 0 Å². The third-order valence-corrected chi connectivity index (χ3v) is 3.89. The molecule has 5 heteroatoms. The standard InChI is InChI=1S/C14H17ClFNO2/c1-17(9-14(19)6-2-3-7-14)13(18)10-4-5-11(15)12(16)8-10/h4-5,8,19H,2-3,6-7,9H2,1H3. The molecule has 1 aromatic carbocycles. The molecule has 3 nitrogen and oxygen atoms in total. The van der Waals surface area contributed by atoms with Gasteiger partial charge in [-0.25, -0.2) is 4.39 Å². The number of halogens is 2. The zero-order valence-corrected chi connectivity index (χ0v) is 11.6. The van der Waals surface area contributed by atoms with Crippen molar-refractivity contribution in [2.24, 2.45) is 0 Å². The van der Waals surface area contributed by atoms with Gasteiger partial charge in [0, 0.05) is 19.2 Å². The van der Waals surface area contributed by atoms with Crippen molar-refractivity contribution in [2.45, 2.75) is 31.3 Å². The fourth-order valence-corrected chi connectivity index (χ4v) is 2.67. The predicted molar refractivity (Wildman–Crippen MR) is 71.8 cm³/mol. The molecule has 0 aliphatic heterocycles. The van der Waals surface area contributed by atoms with Crippen molar-refractivity contribution in [1.29, 1.82) is 0 Å². The van der Waals surface area contributed by atoms with E-state index < -0.39 is 11.4 Å². The van der Waals surface area contributed by atoms with Gasteiger partial charge in [-0.3, -0.25) is 4.79 Å². The molecule has 0 bridgehead atoms.